The number of anilines is 1. The van der Waals surface area contributed by atoms with Crippen LogP contribution in [0.2, 0.25) is 15.1 Å². The van der Waals surface area contributed by atoms with Crippen LogP contribution < -0.4 is 10.0 Å². The van der Waals surface area contributed by atoms with Crippen LogP contribution in [0.1, 0.15) is 6.92 Å². The van der Waals surface area contributed by atoms with Gasteiger partial charge >= 0.3 is 5.97 Å². The fourth-order valence-corrected chi connectivity index (χ4v) is 3.96. The van der Waals surface area contributed by atoms with Gasteiger partial charge in [0.15, 0.2) is 6.61 Å². The predicted molar refractivity (Wildman–Crippen MR) is 114 cm³/mol. The van der Waals surface area contributed by atoms with Crippen molar-refractivity contribution >= 4 is 68.1 Å². The van der Waals surface area contributed by atoms with Gasteiger partial charge in [0.1, 0.15) is 11.7 Å². The quantitative estimate of drug-likeness (QED) is 0.314. The van der Waals surface area contributed by atoms with Gasteiger partial charge in [0.2, 0.25) is 10.0 Å². The third-order valence-electron chi connectivity index (χ3n) is 3.66. The molecule has 166 valence electrons. The van der Waals surface area contributed by atoms with Gasteiger partial charge in [0.05, 0.1) is 19.9 Å². The average Bonchev–Trinajstić information content (AvgIpc) is 2.67. The summed E-state index contributed by atoms with van der Waals surface area (Å²) in [5, 5.41) is 13.5. The highest BCUT2D eigenvalue weighted by Gasteiger charge is 2.25. The molecular formula is C17H14Cl3N3O7S. The minimum atomic E-state index is -4.13. The number of hydrogen-bond acceptors (Lipinski definition) is 7. The Morgan fingerprint density at radius 3 is 2.42 bits per heavy atom. The predicted octanol–water partition coefficient (Wildman–Crippen LogP) is 3.40. The Balaban J connectivity index is 1.97. The van der Waals surface area contributed by atoms with Gasteiger partial charge in [-0.15, -0.1) is 0 Å². The Morgan fingerprint density at radius 1 is 1.13 bits per heavy atom. The molecule has 1 atom stereocenters. The van der Waals surface area contributed by atoms with Crippen molar-refractivity contribution in [3.8, 4) is 0 Å². The van der Waals surface area contributed by atoms with Gasteiger partial charge in [-0.1, -0.05) is 34.8 Å². The SMILES string of the molecule is CC(NS(=O)(=O)c1ccc(Cl)c(Cl)c1)C(=O)OCC(=O)Nc1cc(Cl)ccc1[N+](=O)[O-]. The fraction of sp³-hybridized carbons (Fsp3) is 0.176. The van der Waals surface area contributed by atoms with Gasteiger partial charge in [0, 0.05) is 11.1 Å². The molecule has 2 rings (SSSR count). The molecular weight excluding hydrogens is 497 g/mol. The van der Waals surface area contributed by atoms with Crippen LogP contribution in [0.25, 0.3) is 0 Å². The number of ether oxygens (including phenoxy) is 1. The van der Waals surface area contributed by atoms with Gasteiger partial charge in [-0.05, 0) is 37.3 Å². The second-order valence-corrected chi connectivity index (χ2v) is 8.96. The number of halogens is 3. The molecule has 0 bridgehead atoms. The molecule has 14 heteroatoms. The minimum Gasteiger partial charge on any atom is -0.454 e. The van der Waals surface area contributed by atoms with E-state index in [-0.39, 0.29) is 25.7 Å². The van der Waals surface area contributed by atoms with E-state index in [0.717, 1.165) is 18.2 Å². The summed E-state index contributed by atoms with van der Waals surface area (Å²) in [6.45, 7) is 0.387. The number of rotatable bonds is 8. The first-order valence-corrected chi connectivity index (χ1v) is 10.9. The van der Waals surface area contributed by atoms with E-state index in [0.29, 0.717) is 0 Å². The number of sulfonamides is 1. The van der Waals surface area contributed by atoms with Crippen molar-refractivity contribution < 1.29 is 27.7 Å². The lowest BCUT2D eigenvalue weighted by atomic mass is 10.2. The van der Waals surface area contributed by atoms with E-state index in [4.69, 9.17) is 39.5 Å². The molecule has 0 aromatic heterocycles. The number of carbonyl (C=O) groups is 2. The number of amides is 1. The highest BCUT2D eigenvalue weighted by Crippen LogP contribution is 2.27. The number of nitro groups is 1. The molecule has 0 spiro atoms. The first-order chi connectivity index (χ1) is 14.4. The molecule has 0 heterocycles. The number of nitrogens with zero attached hydrogens (tertiary/aromatic N) is 1. The summed E-state index contributed by atoms with van der Waals surface area (Å²) in [5.41, 5.74) is -0.598. The number of benzene rings is 2. The molecule has 0 fully saturated rings. The van der Waals surface area contributed by atoms with E-state index in [1.54, 1.807) is 0 Å². The summed E-state index contributed by atoms with van der Waals surface area (Å²) in [6, 6.07) is 5.76. The van der Waals surface area contributed by atoms with Crippen molar-refractivity contribution in [1.29, 1.82) is 0 Å². The highest BCUT2D eigenvalue weighted by molar-refractivity contribution is 7.89. The second kappa shape index (κ2) is 10.2. The van der Waals surface area contributed by atoms with Crippen LogP contribution in [-0.4, -0.2) is 37.9 Å². The van der Waals surface area contributed by atoms with Crippen LogP contribution in [0.5, 0.6) is 0 Å². The summed E-state index contributed by atoms with van der Waals surface area (Å²) in [7, 11) is -4.13. The number of nitrogens with one attached hydrogen (secondary N) is 2. The lowest BCUT2D eigenvalue weighted by molar-refractivity contribution is -0.383. The zero-order chi connectivity index (χ0) is 23.3. The van der Waals surface area contributed by atoms with Crippen LogP contribution in [0.4, 0.5) is 11.4 Å². The van der Waals surface area contributed by atoms with Crippen molar-refractivity contribution in [1.82, 2.24) is 4.72 Å². The van der Waals surface area contributed by atoms with Gasteiger partial charge in [-0.25, -0.2) is 8.42 Å². The Hall–Kier alpha value is -2.44. The van der Waals surface area contributed by atoms with Crippen molar-refractivity contribution in [2.75, 3.05) is 11.9 Å². The highest BCUT2D eigenvalue weighted by atomic mass is 35.5. The smallest absolute Gasteiger partial charge is 0.324 e. The number of carbonyl (C=O) groups excluding carboxylic acids is 2. The van der Waals surface area contributed by atoms with Gasteiger partial charge in [0.25, 0.3) is 11.6 Å². The summed E-state index contributed by atoms with van der Waals surface area (Å²) in [6.07, 6.45) is 0. The van der Waals surface area contributed by atoms with Gasteiger partial charge in [-0.3, -0.25) is 19.7 Å². The molecule has 0 saturated carbocycles. The van der Waals surface area contributed by atoms with Crippen molar-refractivity contribution in [2.45, 2.75) is 17.9 Å². The lowest BCUT2D eigenvalue weighted by Gasteiger charge is -2.14. The average molecular weight is 511 g/mol. The number of hydrogen-bond donors (Lipinski definition) is 2. The lowest BCUT2D eigenvalue weighted by Crippen LogP contribution is -2.40. The standard InChI is InChI=1S/C17H14Cl3N3O7S/c1-9(22-31(28,29)11-3-4-12(19)13(20)7-11)17(25)30-8-16(24)21-14-6-10(18)2-5-15(14)23(26)27/h2-7,9,22H,8H2,1H3,(H,21,24). The van der Waals surface area contributed by atoms with Gasteiger partial charge in [-0.2, -0.15) is 4.72 Å². The van der Waals surface area contributed by atoms with Gasteiger partial charge < -0.3 is 10.1 Å². The van der Waals surface area contributed by atoms with Crippen molar-refractivity contribution in [3.05, 3.63) is 61.6 Å². The molecule has 0 saturated heterocycles. The van der Waals surface area contributed by atoms with Crippen molar-refractivity contribution in [2.24, 2.45) is 0 Å². The van der Waals surface area contributed by atoms with Crippen LogP contribution >= 0.6 is 34.8 Å². The van der Waals surface area contributed by atoms with Crippen molar-refractivity contribution in [3.63, 3.8) is 0 Å². The normalized spacial score (nSPS) is 12.1. The molecule has 2 N–H and O–H groups in total. The van der Waals surface area contributed by atoms with Crippen LogP contribution in [0.15, 0.2) is 41.3 Å². The Bertz CT molecular complexity index is 1140. The Morgan fingerprint density at radius 2 is 1.81 bits per heavy atom. The first-order valence-electron chi connectivity index (χ1n) is 8.28. The Labute approximate surface area is 191 Å². The molecule has 2 aromatic rings. The summed E-state index contributed by atoms with van der Waals surface area (Å²) >= 11 is 17.3. The van der Waals surface area contributed by atoms with E-state index in [9.17, 15) is 28.1 Å². The maximum Gasteiger partial charge on any atom is 0.324 e. The molecule has 0 aliphatic rings. The van der Waals surface area contributed by atoms with Crippen LogP contribution in [-0.2, 0) is 24.3 Å². The molecule has 1 amide bonds. The largest absolute Gasteiger partial charge is 0.454 e. The summed E-state index contributed by atoms with van der Waals surface area (Å²) in [5.74, 6) is -1.95. The number of nitro benzene ring substituents is 1. The molecule has 0 aliphatic heterocycles. The van der Waals surface area contributed by atoms with E-state index in [1.807, 2.05) is 0 Å². The van der Waals surface area contributed by atoms with E-state index >= 15 is 0 Å². The molecule has 0 aliphatic carbocycles. The molecule has 10 nitrogen and oxygen atoms in total. The minimum absolute atomic E-state index is 0.00607. The summed E-state index contributed by atoms with van der Waals surface area (Å²) < 4.78 is 31.5. The first kappa shape index (κ1) is 24.8. The maximum atomic E-state index is 12.3. The second-order valence-electron chi connectivity index (χ2n) is 5.99. The third-order valence-corrected chi connectivity index (χ3v) is 6.17. The zero-order valence-electron chi connectivity index (χ0n) is 15.6. The Kier molecular flexibility index (Phi) is 8.21. The third kappa shape index (κ3) is 6.77. The van der Waals surface area contributed by atoms with Crippen LogP contribution in [0.3, 0.4) is 0 Å². The molecule has 1 unspecified atom stereocenters. The van der Waals surface area contributed by atoms with E-state index in [1.165, 1.54) is 25.1 Å². The fourth-order valence-electron chi connectivity index (χ4n) is 2.21. The summed E-state index contributed by atoms with van der Waals surface area (Å²) in [4.78, 5) is 34.1. The van der Waals surface area contributed by atoms with E-state index in [2.05, 4.69) is 10.0 Å². The monoisotopic (exact) mass is 509 g/mol. The maximum absolute atomic E-state index is 12.3. The topological polar surface area (TPSA) is 145 Å². The van der Waals surface area contributed by atoms with Crippen LogP contribution in [0, 0.1) is 10.1 Å². The van der Waals surface area contributed by atoms with E-state index < -0.39 is 45.2 Å². The molecule has 2 aromatic carbocycles. The number of esters is 1. The molecule has 0 radical (unpaired) electrons. The molecule has 31 heavy (non-hydrogen) atoms. The zero-order valence-corrected chi connectivity index (χ0v) is 18.7.